The molecule has 106 valence electrons. The van der Waals surface area contributed by atoms with Crippen molar-refractivity contribution in [1.29, 1.82) is 0 Å². The molecule has 0 spiro atoms. The average molecular weight is 271 g/mol. The van der Waals surface area contributed by atoms with E-state index in [0.717, 1.165) is 18.4 Å². The third-order valence-electron chi connectivity index (χ3n) is 4.55. The molecule has 3 heteroatoms. The number of carbonyl (C=O) groups is 1. The Balaban J connectivity index is 1.54. The van der Waals surface area contributed by atoms with Crippen LogP contribution in [0.2, 0.25) is 0 Å². The van der Waals surface area contributed by atoms with E-state index in [1.54, 1.807) is 0 Å². The van der Waals surface area contributed by atoms with Crippen LogP contribution in [0.25, 0.3) is 6.08 Å². The Bertz CT molecular complexity index is 483. The predicted molar refractivity (Wildman–Crippen MR) is 79.2 cm³/mol. The zero-order valence-corrected chi connectivity index (χ0v) is 11.9. The number of nitrogens with zero attached hydrogens (tertiary/aromatic N) is 1. The highest BCUT2D eigenvalue weighted by Gasteiger charge is 2.39. The Kier molecular flexibility index (Phi) is 3.88. The minimum absolute atomic E-state index is 0.0941. The summed E-state index contributed by atoms with van der Waals surface area (Å²) in [6.45, 7) is 0. The Morgan fingerprint density at radius 1 is 1.20 bits per heavy atom. The molecule has 0 amide bonds. The van der Waals surface area contributed by atoms with Gasteiger partial charge in [-0.05, 0) is 31.5 Å². The fourth-order valence-corrected chi connectivity index (χ4v) is 3.39. The summed E-state index contributed by atoms with van der Waals surface area (Å²) >= 11 is 0. The fourth-order valence-electron chi connectivity index (χ4n) is 3.39. The molecule has 0 N–H and O–H groups in total. The SMILES string of the molecule is CN1C2CCC1CC(OC(=O)C=Cc1ccccc1)C2. The van der Waals surface area contributed by atoms with Crippen molar-refractivity contribution in [3.63, 3.8) is 0 Å². The number of benzene rings is 1. The van der Waals surface area contributed by atoms with Crippen LogP contribution in [0.5, 0.6) is 0 Å². The lowest BCUT2D eigenvalue weighted by atomic mass is 10.0. The number of ether oxygens (including phenoxy) is 1. The maximum Gasteiger partial charge on any atom is 0.331 e. The van der Waals surface area contributed by atoms with Gasteiger partial charge in [-0.25, -0.2) is 4.79 Å². The lowest BCUT2D eigenvalue weighted by Crippen LogP contribution is -2.43. The van der Waals surface area contributed by atoms with E-state index in [1.165, 1.54) is 18.9 Å². The zero-order valence-electron chi connectivity index (χ0n) is 11.9. The van der Waals surface area contributed by atoms with E-state index in [1.807, 2.05) is 36.4 Å². The molecule has 2 atom stereocenters. The van der Waals surface area contributed by atoms with Crippen LogP contribution in [0.4, 0.5) is 0 Å². The summed E-state index contributed by atoms with van der Waals surface area (Å²) in [5.41, 5.74) is 1.02. The summed E-state index contributed by atoms with van der Waals surface area (Å²) in [5, 5.41) is 0. The van der Waals surface area contributed by atoms with Gasteiger partial charge in [-0.15, -0.1) is 0 Å². The molecule has 2 saturated heterocycles. The third-order valence-corrected chi connectivity index (χ3v) is 4.55. The van der Waals surface area contributed by atoms with Gasteiger partial charge >= 0.3 is 5.97 Å². The summed E-state index contributed by atoms with van der Waals surface area (Å²) in [6, 6.07) is 11.0. The monoisotopic (exact) mass is 271 g/mol. The van der Waals surface area contributed by atoms with Gasteiger partial charge in [-0.1, -0.05) is 30.3 Å². The summed E-state index contributed by atoms with van der Waals surface area (Å²) in [5.74, 6) is -0.220. The Labute approximate surface area is 120 Å². The highest BCUT2D eigenvalue weighted by atomic mass is 16.5. The number of rotatable bonds is 3. The summed E-state index contributed by atoms with van der Waals surface area (Å²) in [6.07, 6.45) is 7.90. The molecule has 2 bridgehead atoms. The second-order valence-corrected chi connectivity index (χ2v) is 5.82. The van der Waals surface area contributed by atoms with Crippen LogP contribution >= 0.6 is 0 Å². The van der Waals surface area contributed by atoms with Gasteiger partial charge in [0.25, 0.3) is 0 Å². The van der Waals surface area contributed by atoms with Crippen molar-refractivity contribution in [2.45, 2.75) is 43.9 Å². The second kappa shape index (κ2) is 5.80. The first kappa shape index (κ1) is 13.4. The molecule has 0 saturated carbocycles. The highest BCUT2D eigenvalue weighted by Crippen LogP contribution is 2.35. The van der Waals surface area contributed by atoms with Crippen molar-refractivity contribution < 1.29 is 9.53 Å². The number of fused-ring (bicyclic) bond motifs is 2. The van der Waals surface area contributed by atoms with Crippen LogP contribution in [-0.2, 0) is 9.53 Å². The fraction of sp³-hybridized carbons (Fsp3) is 0.471. The topological polar surface area (TPSA) is 29.5 Å². The molecular formula is C17H21NO2. The Morgan fingerprint density at radius 3 is 2.50 bits per heavy atom. The first-order valence-electron chi connectivity index (χ1n) is 7.38. The van der Waals surface area contributed by atoms with Gasteiger partial charge < -0.3 is 9.64 Å². The van der Waals surface area contributed by atoms with Crippen molar-refractivity contribution >= 4 is 12.0 Å². The van der Waals surface area contributed by atoms with Crippen LogP contribution in [0.1, 0.15) is 31.2 Å². The van der Waals surface area contributed by atoms with E-state index >= 15 is 0 Å². The second-order valence-electron chi connectivity index (χ2n) is 5.82. The maximum absolute atomic E-state index is 11.9. The number of hydrogen-bond donors (Lipinski definition) is 0. The molecule has 1 aromatic rings. The van der Waals surface area contributed by atoms with E-state index in [2.05, 4.69) is 11.9 Å². The molecule has 2 fully saturated rings. The minimum atomic E-state index is -0.220. The molecule has 2 unspecified atom stereocenters. The minimum Gasteiger partial charge on any atom is -0.459 e. The van der Waals surface area contributed by atoms with Gasteiger partial charge in [0.1, 0.15) is 6.10 Å². The first-order chi connectivity index (χ1) is 9.72. The van der Waals surface area contributed by atoms with Gasteiger partial charge in [-0.2, -0.15) is 0 Å². The van der Waals surface area contributed by atoms with Crippen molar-refractivity contribution in [2.75, 3.05) is 7.05 Å². The molecule has 2 aliphatic heterocycles. The molecule has 0 radical (unpaired) electrons. The quantitative estimate of drug-likeness (QED) is 0.625. The maximum atomic E-state index is 11.9. The summed E-state index contributed by atoms with van der Waals surface area (Å²) in [7, 11) is 2.19. The van der Waals surface area contributed by atoms with Crippen LogP contribution in [-0.4, -0.2) is 36.1 Å². The molecule has 2 heterocycles. The van der Waals surface area contributed by atoms with Crippen LogP contribution in [0.3, 0.4) is 0 Å². The molecule has 3 rings (SSSR count). The van der Waals surface area contributed by atoms with E-state index in [-0.39, 0.29) is 12.1 Å². The molecule has 20 heavy (non-hydrogen) atoms. The van der Waals surface area contributed by atoms with Gasteiger partial charge in [0.05, 0.1) is 0 Å². The van der Waals surface area contributed by atoms with Gasteiger partial charge in [0.15, 0.2) is 0 Å². The zero-order chi connectivity index (χ0) is 13.9. The third kappa shape index (κ3) is 2.93. The lowest BCUT2D eigenvalue weighted by molar-refractivity contribution is -0.146. The van der Waals surface area contributed by atoms with E-state index in [9.17, 15) is 4.79 Å². The van der Waals surface area contributed by atoms with Gasteiger partial charge in [0, 0.05) is 31.0 Å². The molecule has 0 aliphatic carbocycles. The van der Waals surface area contributed by atoms with Crippen molar-refractivity contribution in [3.8, 4) is 0 Å². The lowest BCUT2D eigenvalue weighted by Gasteiger charge is -2.35. The van der Waals surface area contributed by atoms with Crippen LogP contribution < -0.4 is 0 Å². The number of hydrogen-bond acceptors (Lipinski definition) is 3. The Morgan fingerprint density at radius 2 is 1.85 bits per heavy atom. The van der Waals surface area contributed by atoms with Crippen molar-refractivity contribution in [1.82, 2.24) is 4.90 Å². The van der Waals surface area contributed by atoms with Gasteiger partial charge in [0.2, 0.25) is 0 Å². The van der Waals surface area contributed by atoms with Crippen molar-refractivity contribution in [2.24, 2.45) is 0 Å². The van der Waals surface area contributed by atoms with Crippen LogP contribution in [0, 0.1) is 0 Å². The molecule has 2 aliphatic rings. The number of piperidine rings is 1. The highest BCUT2D eigenvalue weighted by molar-refractivity contribution is 5.87. The van der Waals surface area contributed by atoms with Gasteiger partial charge in [-0.3, -0.25) is 0 Å². The largest absolute Gasteiger partial charge is 0.459 e. The van der Waals surface area contributed by atoms with E-state index in [0.29, 0.717) is 12.1 Å². The molecule has 0 aromatic heterocycles. The van der Waals surface area contributed by atoms with Crippen molar-refractivity contribution in [3.05, 3.63) is 42.0 Å². The summed E-state index contributed by atoms with van der Waals surface area (Å²) in [4.78, 5) is 14.3. The van der Waals surface area contributed by atoms with E-state index < -0.39 is 0 Å². The van der Waals surface area contributed by atoms with E-state index in [4.69, 9.17) is 4.74 Å². The first-order valence-corrected chi connectivity index (χ1v) is 7.38. The van der Waals surface area contributed by atoms with Crippen LogP contribution in [0.15, 0.2) is 36.4 Å². The molecule has 3 nitrogen and oxygen atoms in total. The normalized spacial score (nSPS) is 29.8. The predicted octanol–water partition coefficient (Wildman–Crippen LogP) is 2.87. The number of carbonyl (C=O) groups excluding carboxylic acids is 1. The standard InChI is InChI=1S/C17H21NO2/c1-18-14-8-9-15(18)12-16(11-14)20-17(19)10-7-13-5-3-2-4-6-13/h2-7,10,14-16H,8-9,11-12H2,1H3. The average Bonchev–Trinajstić information content (AvgIpc) is 2.68. The molecule has 1 aromatic carbocycles. The number of esters is 1. The molecular weight excluding hydrogens is 250 g/mol. The smallest absolute Gasteiger partial charge is 0.331 e. The Hall–Kier alpha value is -1.61. The summed E-state index contributed by atoms with van der Waals surface area (Å²) < 4.78 is 5.59.